The van der Waals surface area contributed by atoms with Crippen LogP contribution in [-0.2, 0) is 0 Å². The lowest BCUT2D eigenvalue weighted by atomic mass is 10.1. The van der Waals surface area contributed by atoms with Gasteiger partial charge in [0.05, 0.1) is 0 Å². The molecule has 0 fully saturated rings. The van der Waals surface area contributed by atoms with E-state index < -0.39 is 6.10 Å². The fourth-order valence-corrected chi connectivity index (χ4v) is 1.83. The van der Waals surface area contributed by atoms with Gasteiger partial charge in [-0.3, -0.25) is 0 Å². The van der Waals surface area contributed by atoms with E-state index >= 15 is 0 Å². The van der Waals surface area contributed by atoms with E-state index in [0.29, 0.717) is 16.3 Å². The number of rotatable bonds is 4. The Balaban J connectivity index is 2.00. The van der Waals surface area contributed by atoms with Crippen molar-refractivity contribution in [2.75, 3.05) is 6.61 Å². The Labute approximate surface area is 110 Å². The van der Waals surface area contributed by atoms with Crippen LogP contribution in [0.1, 0.15) is 11.7 Å². The average Bonchev–Trinajstić information content (AvgIpc) is 2.37. The lowest BCUT2D eigenvalue weighted by molar-refractivity contribution is 0.108. The maximum atomic E-state index is 12.9. The van der Waals surface area contributed by atoms with Gasteiger partial charge in [-0.1, -0.05) is 35.9 Å². The van der Waals surface area contributed by atoms with Crippen LogP contribution in [0.3, 0.4) is 0 Å². The van der Waals surface area contributed by atoms with Crippen LogP contribution in [0.5, 0.6) is 5.75 Å². The summed E-state index contributed by atoms with van der Waals surface area (Å²) in [4.78, 5) is 0. The predicted octanol–water partition coefficient (Wildman–Crippen LogP) is 3.59. The van der Waals surface area contributed by atoms with E-state index in [0.717, 1.165) is 0 Å². The maximum absolute atomic E-state index is 12.9. The summed E-state index contributed by atoms with van der Waals surface area (Å²) in [5.74, 6) is 0.000775. The summed E-state index contributed by atoms with van der Waals surface area (Å²) in [6.45, 7) is 0.0210. The molecule has 0 bridgehead atoms. The largest absolute Gasteiger partial charge is 0.490 e. The van der Waals surface area contributed by atoms with Crippen LogP contribution in [-0.4, -0.2) is 11.7 Å². The summed E-state index contributed by atoms with van der Waals surface area (Å²) in [5, 5.41) is 10.4. The number of benzene rings is 2. The molecule has 4 heteroatoms. The van der Waals surface area contributed by atoms with E-state index in [-0.39, 0.29) is 12.4 Å². The molecular formula is C14H12ClFO2. The molecular weight excluding hydrogens is 255 g/mol. The molecule has 1 N–H and O–H groups in total. The maximum Gasteiger partial charge on any atom is 0.126 e. The van der Waals surface area contributed by atoms with E-state index in [1.165, 1.54) is 12.1 Å². The average molecular weight is 267 g/mol. The lowest BCUT2D eigenvalue weighted by Crippen LogP contribution is -2.10. The van der Waals surface area contributed by atoms with Gasteiger partial charge in [-0.05, 0) is 18.2 Å². The minimum Gasteiger partial charge on any atom is -0.490 e. The normalized spacial score (nSPS) is 12.2. The van der Waals surface area contributed by atoms with Gasteiger partial charge in [0.15, 0.2) is 0 Å². The van der Waals surface area contributed by atoms with Gasteiger partial charge in [-0.2, -0.15) is 0 Å². The van der Waals surface area contributed by atoms with Crippen molar-refractivity contribution in [2.45, 2.75) is 6.10 Å². The van der Waals surface area contributed by atoms with Crippen molar-refractivity contribution >= 4 is 11.6 Å². The highest BCUT2D eigenvalue weighted by Crippen LogP contribution is 2.23. The number of halogens is 2. The number of ether oxygens (including phenoxy) is 1. The monoisotopic (exact) mass is 266 g/mol. The van der Waals surface area contributed by atoms with Crippen molar-refractivity contribution in [1.82, 2.24) is 0 Å². The molecule has 0 radical (unpaired) electrons. The van der Waals surface area contributed by atoms with Crippen molar-refractivity contribution in [3.8, 4) is 5.75 Å². The second-order valence-corrected chi connectivity index (χ2v) is 4.21. The summed E-state index contributed by atoms with van der Waals surface area (Å²) < 4.78 is 18.2. The third kappa shape index (κ3) is 3.22. The predicted molar refractivity (Wildman–Crippen MR) is 68.3 cm³/mol. The molecule has 18 heavy (non-hydrogen) atoms. The third-order valence-corrected chi connectivity index (χ3v) is 2.81. The van der Waals surface area contributed by atoms with Crippen LogP contribution in [0.2, 0.25) is 5.02 Å². The quantitative estimate of drug-likeness (QED) is 0.916. The standard InChI is InChI=1S/C14H12ClFO2/c15-13-7-2-1-6-12(13)14(17)9-18-11-5-3-4-10(16)8-11/h1-8,14,17H,9H2. The molecule has 2 aromatic rings. The summed E-state index contributed by atoms with van der Waals surface area (Å²) in [6, 6.07) is 12.8. The van der Waals surface area contributed by atoms with Crippen LogP contribution in [0.15, 0.2) is 48.5 Å². The number of aliphatic hydroxyl groups is 1. The molecule has 1 unspecified atom stereocenters. The molecule has 94 valence electrons. The minimum atomic E-state index is -0.845. The van der Waals surface area contributed by atoms with Gasteiger partial charge >= 0.3 is 0 Å². The highest BCUT2D eigenvalue weighted by molar-refractivity contribution is 6.31. The van der Waals surface area contributed by atoms with E-state index in [1.807, 2.05) is 0 Å². The Morgan fingerprint density at radius 3 is 2.67 bits per heavy atom. The Bertz CT molecular complexity index is 531. The second kappa shape index (κ2) is 5.85. The first kappa shape index (κ1) is 12.9. The second-order valence-electron chi connectivity index (χ2n) is 3.81. The van der Waals surface area contributed by atoms with Crippen LogP contribution < -0.4 is 4.74 Å². The van der Waals surface area contributed by atoms with E-state index in [1.54, 1.807) is 36.4 Å². The molecule has 2 aromatic carbocycles. The van der Waals surface area contributed by atoms with Crippen molar-refractivity contribution in [2.24, 2.45) is 0 Å². The molecule has 0 saturated heterocycles. The number of aliphatic hydroxyl groups excluding tert-OH is 1. The molecule has 0 aromatic heterocycles. The van der Waals surface area contributed by atoms with Crippen LogP contribution in [0.25, 0.3) is 0 Å². The van der Waals surface area contributed by atoms with E-state index in [9.17, 15) is 9.50 Å². The van der Waals surface area contributed by atoms with Gasteiger partial charge in [0.1, 0.15) is 24.3 Å². The van der Waals surface area contributed by atoms with Crippen molar-refractivity contribution in [1.29, 1.82) is 0 Å². The Morgan fingerprint density at radius 1 is 1.17 bits per heavy atom. The summed E-state index contributed by atoms with van der Waals surface area (Å²) in [7, 11) is 0. The number of hydrogen-bond donors (Lipinski definition) is 1. The minimum absolute atomic E-state index is 0.0210. The SMILES string of the molecule is OC(COc1cccc(F)c1)c1ccccc1Cl. The third-order valence-electron chi connectivity index (χ3n) is 2.47. The molecule has 2 nitrogen and oxygen atoms in total. The van der Waals surface area contributed by atoms with Gasteiger partial charge in [-0.15, -0.1) is 0 Å². The molecule has 0 spiro atoms. The fraction of sp³-hybridized carbons (Fsp3) is 0.143. The fourth-order valence-electron chi connectivity index (χ4n) is 1.57. The van der Waals surface area contributed by atoms with Crippen LogP contribution >= 0.6 is 11.6 Å². The summed E-state index contributed by atoms with van der Waals surface area (Å²) >= 11 is 5.95. The van der Waals surface area contributed by atoms with Gasteiger partial charge in [0.25, 0.3) is 0 Å². The summed E-state index contributed by atoms with van der Waals surface area (Å²) in [6.07, 6.45) is -0.845. The van der Waals surface area contributed by atoms with Crippen molar-refractivity contribution in [3.05, 3.63) is 64.9 Å². The smallest absolute Gasteiger partial charge is 0.126 e. The zero-order valence-corrected chi connectivity index (χ0v) is 10.3. The van der Waals surface area contributed by atoms with Gasteiger partial charge in [0.2, 0.25) is 0 Å². The van der Waals surface area contributed by atoms with E-state index in [4.69, 9.17) is 16.3 Å². The van der Waals surface area contributed by atoms with Gasteiger partial charge < -0.3 is 9.84 Å². The van der Waals surface area contributed by atoms with Crippen LogP contribution in [0, 0.1) is 5.82 Å². The van der Waals surface area contributed by atoms with Crippen molar-refractivity contribution in [3.63, 3.8) is 0 Å². The molecule has 1 atom stereocenters. The first-order valence-electron chi connectivity index (χ1n) is 5.47. The van der Waals surface area contributed by atoms with Gasteiger partial charge in [-0.25, -0.2) is 4.39 Å². The zero-order chi connectivity index (χ0) is 13.0. The molecule has 0 aliphatic rings. The molecule has 0 heterocycles. The van der Waals surface area contributed by atoms with Gasteiger partial charge in [0, 0.05) is 16.7 Å². The lowest BCUT2D eigenvalue weighted by Gasteiger charge is -2.13. The Hall–Kier alpha value is -1.58. The first-order valence-corrected chi connectivity index (χ1v) is 5.85. The van der Waals surface area contributed by atoms with Crippen molar-refractivity contribution < 1.29 is 14.2 Å². The molecule has 0 saturated carbocycles. The van der Waals surface area contributed by atoms with E-state index in [2.05, 4.69) is 0 Å². The number of hydrogen-bond acceptors (Lipinski definition) is 2. The Morgan fingerprint density at radius 2 is 1.94 bits per heavy atom. The molecule has 2 rings (SSSR count). The topological polar surface area (TPSA) is 29.5 Å². The first-order chi connectivity index (χ1) is 8.66. The molecule has 0 aliphatic carbocycles. The van der Waals surface area contributed by atoms with Crippen LogP contribution in [0.4, 0.5) is 4.39 Å². The zero-order valence-electron chi connectivity index (χ0n) is 9.51. The molecule has 0 amide bonds. The highest BCUT2D eigenvalue weighted by Gasteiger charge is 2.11. The summed E-state index contributed by atoms with van der Waals surface area (Å²) in [5.41, 5.74) is 0.593. The Kier molecular flexibility index (Phi) is 4.18. The molecule has 0 aliphatic heterocycles. The highest BCUT2D eigenvalue weighted by atomic mass is 35.5.